The molecule has 0 aromatic heterocycles. The molecule has 2 unspecified atom stereocenters. The third-order valence-corrected chi connectivity index (χ3v) is 3.29. The highest BCUT2D eigenvalue weighted by molar-refractivity contribution is 9.10. The van der Waals surface area contributed by atoms with E-state index in [1.807, 2.05) is 30.3 Å². The molecule has 0 heterocycles. The van der Waals surface area contributed by atoms with Gasteiger partial charge >= 0.3 is 0 Å². The fourth-order valence-electron chi connectivity index (χ4n) is 1.79. The summed E-state index contributed by atoms with van der Waals surface area (Å²) in [6.07, 6.45) is -1.08. The zero-order chi connectivity index (χ0) is 13.1. The first-order valence-electron chi connectivity index (χ1n) is 5.53. The van der Waals surface area contributed by atoms with Crippen LogP contribution >= 0.6 is 15.9 Å². The minimum absolute atomic E-state index is 0.195. The second-order valence-electron chi connectivity index (χ2n) is 4.05. The van der Waals surface area contributed by atoms with Crippen molar-refractivity contribution in [1.29, 1.82) is 0 Å². The largest absolute Gasteiger partial charge is 0.386 e. The normalized spacial score (nSPS) is 14.2. The predicted octanol–water partition coefficient (Wildman–Crippen LogP) is 3.32. The van der Waals surface area contributed by atoms with Gasteiger partial charge in [0.1, 0.15) is 11.9 Å². The summed E-state index contributed by atoms with van der Waals surface area (Å²) >= 11 is 3.25. The van der Waals surface area contributed by atoms with Gasteiger partial charge in [-0.2, -0.15) is 0 Å². The van der Waals surface area contributed by atoms with Crippen LogP contribution < -0.4 is 5.73 Å². The van der Waals surface area contributed by atoms with E-state index in [0.29, 0.717) is 4.47 Å². The van der Waals surface area contributed by atoms with Gasteiger partial charge in [-0.15, -0.1) is 0 Å². The maximum absolute atomic E-state index is 13.7. The Balaban J connectivity index is 2.31. The van der Waals surface area contributed by atoms with Crippen molar-refractivity contribution >= 4 is 15.9 Å². The molecule has 0 amide bonds. The highest BCUT2D eigenvalue weighted by atomic mass is 79.9. The van der Waals surface area contributed by atoms with Crippen LogP contribution in [0.25, 0.3) is 0 Å². The van der Waals surface area contributed by atoms with Gasteiger partial charge in [-0.1, -0.05) is 46.3 Å². The van der Waals surface area contributed by atoms with Gasteiger partial charge in [0.05, 0.1) is 6.04 Å². The second kappa shape index (κ2) is 5.61. The SMILES string of the molecule is NC(c1ccccc1)C(O)c1cc(Br)ccc1F. The summed E-state index contributed by atoms with van der Waals surface area (Å²) in [5.74, 6) is -0.461. The van der Waals surface area contributed by atoms with Crippen LogP contribution in [0.1, 0.15) is 23.3 Å². The molecule has 0 spiro atoms. The molecule has 2 aromatic carbocycles. The molecule has 0 saturated heterocycles. The summed E-state index contributed by atoms with van der Waals surface area (Å²) in [6.45, 7) is 0. The van der Waals surface area contributed by atoms with E-state index in [2.05, 4.69) is 15.9 Å². The third-order valence-electron chi connectivity index (χ3n) is 2.80. The van der Waals surface area contributed by atoms with E-state index >= 15 is 0 Å². The van der Waals surface area contributed by atoms with Gasteiger partial charge in [0, 0.05) is 10.0 Å². The van der Waals surface area contributed by atoms with Crippen LogP contribution in [0.2, 0.25) is 0 Å². The molecule has 2 aromatic rings. The molecule has 0 saturated carbocycles. The fraction of sp³-hybridized carbons (Fsp3) is 0.143. The van der Waals surface area contributed by atoms with Crippen molar-refractivity contribution in [3.63, 3.8) is 0 Å². The minimum atomic E-state index is -1.08. The fourth-order valence-corrected chi connectivity index (χ4v) is 2.17. The Morgan fingerprint density at radius 2 is 1.78 bits per heavy atom. The zero-order valence-corrected chi connectivity index (χ0v) is 11.1. The van der Waals surface area contributed by atoms with Crippen molar-refractivity contribution in [1.82, 2.24) is 0 Å². The Morgan fingerprint density at radius 3 is 2.44 bits per heavy atom. The van der Waals surface area contributed by atoms with E-state index in [1.54, 1.807) is 12.1 Å². The number of aliphatic hydroxyl groups excluding tert-OH is 1. The van der Waals surface area contributed by atoms with Crippen LogP contribution in [-0.2, 0) is 0 Å². The lowest BCUT2D eigenvalue weighted by Gasteiger charge is -2.20. The van der Waals surface area contributed by atoms with Crippen molar-refractivity contribution in [3.8, 4) is 0 Å². The number of hydrogen-bond donors (Lipinski definition) is 2. The lowest BCUT2D eigenvalue weighted by Crippen LogP contribution is -2.20. The average molecular weight is 310 g/mol. The number of aliphatic hydroxyl groups is 1. The monoisotopic (exact) mass is 309 g/mol. The molecule has 2 nitrogen and oxygen atoms in total. The molecular weight excluding hydrogens is 297 g/mol. The molecule has 18 heavy (non-hydrogen) atoms. The standard InChI is InChI=1S/C14H13BrFNO/c15-10-6-7-12(16)11(8-10)14(18)13(17)9-4-2-1-3-5-9/h1-8,13-14,18H,17H2. The number of benzene rings is 2. The van der Waals surface area contributed by atoms with E-state index in [9.17, 15) is 9.50 Å². The summed E-state index contributed by atoms with van der Waals surface area (Å²) in [7, 11) is 0. The quantitative estimate of drug-likeness (QED) is 0.913. The maximum atomic E-state index is 13.7. The molecule has 0 aliphatic rings. The van der Waals surface area contributed by atoms with E-state index in [1.165, 1.54) is 6.07 Å². The van der Waals surface area contributed by atoms with Crippen LogP contribution in [0.15, 0.2) is 53.0 Å². The Labute approximate surface area is 113 Å². The van der Waals surface area contributed by atoms with Crippen LogP contribution in [-0.4, -0.2) is 5.11 Å². The lowest BCUT2D eigenvalue weighted by atomic mass is 9.96. The van der Waals surface area contributed by atoms with Crippen molar-refractivity contribution in [2.24, 2.45) is 5.73 Å². The van der Waals surface area contributed by atoms with Gasteiger partial charge in [0.2, 0.25) is 0 Å². The van der Waals surface area contributed by atoms with E-state index < -0.39 is 18.0 Å². The van der Waals surface area contributed by atoms with E-state index in [4.69, 9.17) is 5.73 Å². The predicted molar refractivity (Wildman–Crippen MR) is 72.4 cm³/mol. The van der Waals surface area contributed by atoms with Crippen LogP contribution in [0.4, 0.5) is 4.39 Å². The molecule has 4 heteroatoms. The van der Waals surface area contributed by atoms with Crippen LogP contribution in [0.5, 0.6) is 0 Å². The molecule has 0 radical (unpaired) electrons. The maximum Gasteiger partial charge on any atom is 0.129 e. The summed E-state index contributed by atoms with van der Waals surface area (Å²) in [5, 5.41) is 10.2. The molecule has 3 N–H and O–H groups in total. The Hall–Kier alpha value is -1.23. The number of hydrogen-bond acceptors (Lipinski definition) is 2. The molecule has 94 valence electrons. The van der Waals surface area contributed by atoms with Crippen LogP contribution in [0, 0.1) is 5.82 Å². The minimum Gasteiger partial charge on any atom is -0.386 e. The van der Waals surface area contributed by atoms with Gasteiger partial charge in [0.15, 0.2) is 0 Å². The number of nitrogens with two attached hydrogens (primary N) is 1. The molecule has 0 aliphatic carbocycles. The molecule has 0 aliphatic heterocycles. The van der Waals surface area contributed by atoms with Crippen molar-refractivity contribution in [2.75, 3.05) is 0 Å². The van der Waals surface area contributed by atoms with Crippen molar-refractivity contribution < 1.29 is 9.50 Å². The van der Waals surface area contributed by atoms with Crippen molar-refractivity contribution in [2.45, 2.75) is 12.1 Å². The molecule has 0 fully saturated rings. The summed E-state index contributed by atoms with van der Waals surface area (Å²) in [5.41, 5.74) is 6.92. The van der Waals surface area contributed by atoms with E-state index in [-0.39, 0.29) is 5.56 Å². The van der Waals surface area contributed by atoms with Gasteiger partial charge in [-0.3, -0.25) is 0 Å². The molecule has 2 rings (SSSR count). The first-order chi connectivity index (χ1) is 8.59. The summed E-state index contributed by atoms with van der Waals surface area (Å²) in [4.78, 5) is 0. The highest BCUT2D eigenvalue weighted by Gasteiger charge is 2.21. The Kier molecular flexibility index (Phi) is 4.11. The summed E-state index contributed by atoms with van der Waals surface area (Å²) < 4.78 is 14.4. The van der Waals surface area contributed by atoms with Gasteiger partial charge in [0.25, 0.3) is 0 Å². The number of rotatable bonds is 3. The van der Waals surface area contributed by atoms with Crippen LogP contribution in [0.3, 0.4) is 0 Å². The average Bonchev–Trinajstić information content (AvgIpc) is 2.41. The first kappa shape index (κ1) is 13.2. The Bertz CT molecular complexity index is 533. The third kappa shape index (κ3) is 2.77. The topological polar surface area (TPSA) is 46.2 Å². The molecular formula is C14H13BrFNO. The first-order valence-corrected chi connectivity index (χ1v) is 6.32. The number of halogens is 2. The zero-order valence-electron chi connectivity index (χ0n) is 9.55. The van der Waals surface area contributed by atoms with Gasteiger partial charge in [-0.25, -0.2) is 4.39 Å². The van der Waals surface area contributed by atoms with Gasteiger partial charge < -0.3 is 10.8 Å². The molecule has 2 atom stereocenters. The smallest absolute Gasteiger partial charge is 0.129 e. The second-order valence-corrected chi connectivity index (χ2v) is 4.96. The van der Waals surface area contributed by atoms with Crippen molar-refractivity contribution in [3.05, 3.63) is 69.9 Å². The highest BCUT2D eigenvalue weighted by Crippen LogP contribution is 2.30. The van der Waals surface area contributed by atoms with E-state index in [0.717, 1.165) is 5.56 Å². The Morgan fingerprint density at radius 1 is 1.11 bits per heavy atom. The van der Waals surface area contributed by atoms with Gasteiger partial charge in [-0.05, 0) is 23.8 Å². The lowest BCUT2D eigenvalue weighted by molar-refractivity contribution is 0.142. The summed E-state index contributed by atoms with van der Waals surface area (Å²) in [6, 6.07) is 12.9. The molecule has 0 bridgehead atoms.